The van der Waals surface area contributed by atoms with Crippen LogP contribution in [-0.4, -0.2) is 56.8 Å². The van der Waals surface area contributed by atoms with Crippen LogP contribution in [0.1, 0.15) is 23.3 Å². The maximum absolute atomic E-state index is 12.0. The van der Waals surface area contributed by atoms with Crippen molar-refractivity contribution in [3.63, 3.8) is 0 Å². The Morgan fingerprint density at radius 3 is 2.73 bits per heavy atom. The van der Waals surface area contributed by atoms with Gasteiger partial charge in [-0.3, -0.25) is 24.2 Å². The third-order valence-electron chi connectivity index (χ3n) is 4.23. The Balaban J connectivity index is 0.000000758. The molecule has 0 atom stereocenters. The molecule has 1 aliphatic heterocycles. The molecule has 0 bridgehead atoms. The van der Waals surface area contributed by atoms with E-state index in [0.717, 1.165) is 44.6 Å². The summed E-state index contributed by atoms with van der Waals surface area (Å²) in [6.07, 6.45) is 7.89. The van der Waals surface area contributed by atoms with E-state index in [9.17, 15) is 4.79 Å². The smallest absolute Gasteiger partial charge is 0.290 e. The standard InChI is InChI=1S/C16H23N5OS.CH2O2/c1-13-6-19-21(9-13)11-16(22)18-7-14-2-4-20(5-3-14)10-15-8-17-12-23-15;2-1-3/h6,8-9,12,14H,2-5,7,10-11H2,1H3,(H,18,22);1H,(H,2,3). The number of aryl methyl sites for hydroxylation is 1. The van der Waals surface area contributed by atoms with E-state index in [2.05, 4.69) is 20.3 Å². The van der Waals surface area contributed by atoms with Gasteiger partial charge in [-0.2, -0.15) is 5.10 Å². The minimum atomic E-state index is -0.250. The highest BCUT2D eigenvalue weighted by molar-refractivity contribution is 7.09. The normalized spacial score (nSPS) is 15.1. The van der Waals surface area contributed by atoms with Gasteiger partial charge in [-0.1, -0.05) is 0 Å². The Morgan fingerprint density at radius 1 is 1.42 bits per heavy atom. The fourth-order valence-electron chi connectivity index (χ4n) is 2.90. The fourth-order valence-corrected chi connectivity index (χ4v) is 3.54. The molecular formula is C17H25N5O3S. The first-order valence-electron chi connectivity index (χ1n) is 8.54. The monoisotopic (exact) mass is 379 g/mol. The quantitative estimate of drug-likeness (QED) is 0.736. The van der Waals surface area contributed by atoms with Crippen LogP contribution in [0.4, 0.5) is 0 Å². The van der Waals surface area contributed by atoms with Crippen molar-refractivity contribution in [2.45, 2.75) is 32.9 Å². The van der Waals surface area contributed by atoms with Crippen molar-refractivity contribution in [2.24, 2.45) is 5.92 Å². The van der Waals surface area contributed by atoms with Gasteiger partial charge in [0.15, 0.2) is 0 Å². The van der Waals surface area contributed by atoms with E-state index < -0.39 is 0 Å². The molecule has 2 aromatic rings. The van der Waals surface area contributed by atoms with Gasteiger partial charge in [-0.15, -0.1) is 11.3 Å². The molecule has 1 saturated heterocycles. The zero-order valence-corrected chi connectivity index (χ0v) is 15.7. The minimum absolute atomic E-state index is 0.0418. The van der Waals surface area contributed by atoms with E-state index >= 15 is 0 Å². The molecule has 0 unspecified atom stereocenters. The number of carbonyl (C=O) groups is 2. The van der Waals surface area contributed by atoms with E-state index in [1.807, 2.05) is 24.8 Å². The summed E-state index contributed by atoms with van der Waals surface area (Å²) in [5.74, 6) is 0.621. The Hall–Kier alpha value is -2.26. The van der Waals surface area contributed by atoms with Crippen molar-refractivity contribution in [1.82, 2.24) is 25.0 Å². The minimum Gasteiger partial charge on any atom is -0.483 e. The molecule has 3 rings (SSSR count). The van der Waals surface area contributed by atoms with Crippen molar-refractivity contribution < 1.29 is 14.7 Å². The number of rotatable bonds is 6. The van der Waals surface area contributed by atoms with Crippen LogP contribution in [0.5, 0.6) is 0 Å². The first-order valence-corrected chi connectivity index (χ1v) is 9.42. The van der Waals surface area contributed by atoms with E-state index in [1.54, 1.807) is 22.2 Å². The predicted octanol–water partition coefficient (Wildman–Crippen LogP) is 1.38. The predicted molar refractivity (Wildman–Crippen MR) is 98.8 cm³/mol. The molecule has 0 saturated carbocycles. The van der Waals surface area contributed by atoms with Gasteiger partial charge in [0.2, 0.25) is 5.91 Å². The molecule has 1 amide bonds. The maximum atomic E-state index is 12.0. The van der Waals surface area contributed by atoms with Crippen LogP contribution in [0.2, 0.25) is 0 Å². The molecule has 0 radical (unpaired) electrons. The Kier molecular flexibility index (Phi) is 8.23. The van der Waals surface area contributed by atoms with Gasteiger partial charge in [-0.05, 0) is 44.3 Å². The SMILES string of the molecule is Cc1cnn(CC(=O)NCC2CCN(Cc3cncs3)CC2)c1.O=CO. The maximum Gasteiger partial charge on any atom is 0.290 e. The van der Waals surface area contributed by atoms with Gasteiger partial charge in [0, 0.05) is 30.4 Å². The van der Waals surface area contributed by atoms with E-state index in [0.29, 0.717) is 12.5 Å². The number of hydrogen-bond acceptors (Lipinski definition) is 6. The molecule has 0 aliphatic carbocycles. The molecule has 8 nitrogen and oxygen atoms in total. The summed E-state index contributed by atoms with van der Waals surface area (Å²) in [7, 11) is 0. The van der Waals surface area contributed by atoms with E-state index in [1.165, 1.54) is 4.88 Å². The van der Waals surface area contributed by atoms with E-state index in [-0.39, 0.29) is 12.4 Å². The average Bonchev–Trinajstić information content (AvgIpc) is 3.27. The highest BCUT2D eigenvalue weighted by Gasteiger charge is 2.20. The molecule has 2 aromatic heterocycles. The van der Waals surface area contributed by atoms with Crippen molar-refractivity contribution in [3.8, 4) is 0 Å². The second-order valence-corrected chi connectivity index (χ2v) is 7.28. The van der Waals surface area contributed by atoms with Crippen molar-refractivity contribution in [3.05, 3.63) is 34.5 Å². The molecule has 1 aliphatic rings. The number of likely N-dealkylation sites (tertiary alicyclic amines) is 1. The topological polar surface area (TPSA) is 100 Å². The lowest BCUT2D eigenvalue weighted by Crippen LogP contribution is -2.39. The van der Waals surface area contributed by atoms with Crippen LogP contribution in [0, 0.1) is 12.8 Å². The number of aromatic nitrogens is 3. The lowest BCUT2D eigenvalue weighted by molar-refractivity contribution is -0.123. The number of thiazole rings is 1. The summed E-state index contributed by atoms with van der Waals surface area (Å²) < 4.78 is 1.68. The summed E-state index contributed by atoms with van der Waals surface area (Å²) >= 11 is 1.72. The van der Waals surface area contributed by atoms with Gasteiger partial charge in [-0.25, -0.2) is 0 Å². The summed E-state index contributed by atoms with van der Waals surface area (Å²) in [6.45, 7) is 5.99. The number of nitrogens with zero attached hydrogens (tertiary/aromatic N) is 4. The van der Waals surface area contributed by atoms with Crippen LogP contribution < -0.4 is 5.32 Å². The highest BCUT2D eigenvalue weighted by atomic mass is 32.1. The summed E-state index contributed by atoms with van der Waals surface area (Å²) in [5, 5.41) is 14.1. The third kappa shape index (κ3) is 6.93. The Labute approximate surface area is 156 Å². The Bertz CT molecular complexity index is 666. The molecule has 0 spiro atoms. The molecule has 0 aromatic carbocycles. The molecule has 9 heteroatoms. The second kappa shape index (κ2) is 10.7. The van der Waals surface area contributed by atoms with E-state index in [4.69, 9.17) is 9.90 Å². The lowest BCUT2D eigenvalue weighted by Gasteiger charge is -2.31. The number of carbonyl (C=O) groups excluding carboxylic acids is 1. The summed E-state index contributed by atoms with van der Waals surface area (Å²) in [6, 6.07) is 0. The molecule has 26 heavy (non-hydrogen) atoms. The van der Waals surface area contributed by atoms with Gasteiger partial charge in [0.1, 0.15) is 6.54 Å². The second-order valence-electron chi connectivity index (χ2n) is 6.31. The zero-order valence-electron chi connectivity index (χ0n) is 14.9. The average molecular weight is 379 g/mol. The largest absolute Gasteiger partial charge is 0.483 e. The van der Waals surface area contributed by atoms with Crippen LogP contribution in [-0.2, 0) is 22.7 Å². The molecule has 142 valence electrons. The third-order valence-corrected chi connectivity index (χ3v) is 4.99. The number of nitrogens with one attached hydrogen (secondary N) is 1. The van der Waals surface area contributed by atoms with Gasteiger partial charge in [0.25, 0.3) is 6.47 Å². The Morgan fingerprint density at radius 2 is 2.15 bits per heavy atom. The number of amides is 1. The van der Waals surface area contributed by atoms with Crippen LogP contribution in [0.15, 0.2) is 24.1 Å². The number of hydrogen-bond donors (Lipinski definition) is 2. The fraction of sp³-hybridized carbons (Fsp3) is 0.529. The molecule has 1 fully saturated rings. The first kappa shape index (κ1) is 20.1. The summed E-state index contributed by atoms with van der Waals surface area (Å²) in [5.41, 5.74) is 2.96. The zero-order chi connectivity index (χ0) is 18.8. The number of carboxylic acid groups (broad SMARTS) is 1. The van der Waals surface area contributed by atoms with Crippen molar-refractivity contribution >= 4 is 23.7 Å². The molecule has 3 heterocycles. The van der Waals surface area contributed by atoms with Gasteiger partial charge < -0.3 is 10.4 Å². The van der Waals surface area contributed by atoms with Crippen LogP contribution >= 0.6 is 11.3 Å². The molecular weight excluding hydrogens is 354 g/mol. The first-order chi connectivity index (χ1) is 12.6. The lowest BCUT2D eigenvalue weighted by atomic mass is 9.97. The van der Waals surface area contributed by atoms with Crippen LogP contribution in [0.25, 0.3) is 0 Å². The number of piperidine rings is 1. The summed E-state index contributed by atoms with van der Waals surface area (Å²) in [4.78, 5) is 28.2. The van der Waals surface area contributed by atoms with Crippen LogP contribution in [0.3, 0.4) is 0 Å². The highest BCUT2D eigenvalue weighted by Crippen LogP contribution is 2.19. The van der Waals surface area contributed by atoms with Gasteiger partial charge in [0.05, 0.1) is 11.7 Å². The van der Waals surface area contributed by atoms with Gasteiger partial charge >= 0.3 is 0 Å². The van der Waals surface area contributed by atoms with Crippen molar-refractivity contribution in [1.29, 1.82) is 0 Å². The van der Waals surface area contributed by atoms with Crippen molar-refractivity contribution in [2.75, 3.05) is 19.6 Å². The molecule has 2 N–H and O–H groups in total.